The van der Waals surface area contributed by atoms with E-state index in [2.05, 4.69) is 56.9 Å². The van der Waals surface area contributed by atoms with Crippen molar-refractivity contribution in [3.63, 3.8) is 0 Å². The fourth-order valence-electron chi connectivity index (χ4n) is 1.82. The molecule has 0 aliphatic carbocycles. The Morgan fingerprint density at radius 3 is 2.24 bits per heavy atom. The number of hydrogen-bond donors (Lipinski definition) is 1. The molecule has 0 bridgehead atoms. The molecule has 0 radical (unpaired) electrons. The van der Waals surface area contributed by atoms with Gasteiger partial charge in [-0.2, -0.15) is 0 Å². The van der Waals surface area contributed by atoms with E-state index in [9.17, 15) is 0 Å². The van der Waals surface area contributed by atoms with Gasteiger partial charge in [-0.05, 0) is 35.9 Å². The van der Waals surface area contributed by atoms with Gasteiger partial charge in [-0.3, -0.25) is 0 Å². The van der Waals surface area contributed by atoms with Crippen LogP contribution in [0.2, 0.25) is 0 Å². The van der Waals surface area contributed by atoms with E-state index in [1.54, 1.807) is 0 Å². The van der Waals surface area contributed by atoms with E-state index in [1.807, 2.05) is 6.08 Å². The first-order valence-corrected chi connectivity index (χ1v) is 6.41. The Bertz CT molecular complexity index is 330. The molecule has 1 rings (SSSR count). The average Bonchev–Trinajstić information content (AvgIpc) is 2.25. The van der Waals surface area contributed by atoms with Crippen molar-refractivity contribution < 1.29 is 0 Å². The Morgan fingerprint density at radius 1 is 1.12 bits per heavy atom. The van der Waals surface area contributed by atoms with Gasteiger partial charge in [0.05, 0.1) is 0 Å². The van der Waals surface area contributed by atoms with Crippen LogP contribution in [0, 0.1) is 5.41 Å². The molecule has 0 saturated heterocycles. The average molecular weight is 231 g/mol. The molecule has 0 saturated carbocycles. The van der Waals surface area contributed by atoms with Crippen molar-refractivity contribution in [1.29, 1.82) is 0 Å². The third kappa shape index (κ3) is 6.28. The Morgan fingerprint density at radius 2 is 1.71 bits per heavy atom. The summed E-state index contributed by atoms with van der Waals surface area (Å²) in [6, 6.07) is 8.94. The summed E-state index contributed by atoms with van der Waals surface area (Å²) in [7, 11) is 0. The molecule has 1 aromatic rings. The molecule has 0 aliphatic rings. The maximum atomic E-state index is 3.71. The lowest BCUT2D eigenvalue weighted by Gasteiger charge is -2.18. The summed E-state index contributed by atoms with van der Waals surface area (Å²) in [6.45, 7) is 12.5. The molecular weight excluding hydrogens is 206 g/mol. The molecule has 0 atom stereocenters. The maximum absolute atomic E-state index is 3.71. The van der Waals surface area contributed by atoms with E-state index >= 15 is 0 Å². The molecule has 0 aliphatic heterocycles. The van der Waals surface area contributed by atoms with Crippen molar-refractivity contribution in [2.75, 3.05) is 6.54 Å². The summed E-state index contributed by atoms with van der Waals surface area (Å²) in [4.78, 5) is 0. The second-order valence-corrected chi connectivity index (χ2v) is 5.81. The molecule has 0 amide bonds. The van der Waals surface area contributed by atoms with Gasteiger partial charge in [0.15, 0.2) is 0 Å². The zero-order valence-corrected chi connectivity index (χ0v) is 11.4. The molecule has 94 valence electrons. The number of nitrogens with one attached hydrogen (secondary N) is 1. The fourth-order valence-corrected chi connectivity index (χ4v) is 1.82. The predicted octanol–water partition coefficient (Wildman–Crippen LogP) is 3.94. The lowest BCUT2D eigenvalue weighted by molar-refractivity contribution is 0.411. The molecule has 1 N–H and O–H groups in total. The minimum atomic E-state index is 0.365. The van der Waals surface area contributed by atoms with Crippen molar-refractivity contribution in [3.8, 4) is 0 Å². The van der Waals surface area contributed by atoms with Crippen LogP contribution in [0.15, 0.2) is 36.9 Å². The number of rotatable bonds is 6. The van der Waals surface area contributed by atoms with Crippen molar-refractivity contribution in [2.24, 2.45) is 5.41 Å². The molecule has 0 heterocycles. The fraction of sp³-hybridized carbons (Fsp3) is 0.500. The largest absolute Gasteiger partial charge is 0.312 e. The zero-order valence-electron chi connectivity index (χ0n) is 11.4. The molecule has 0 aromatic heterocycles. The van der Waals surface area contributed by atoms with Gasteiger partial charge < -0.3 is 5.32 Å². The summed E-state index contributed by atoms with van der Waals surface area (Å²) in [5.74, 6) is 0. The van der Waals surface area contributed by atoms with Crippen LogP contribution in [0.1, 0.15) is 38.3 Å². The monoisotopic (exact) mass is 231 g/mol. The molecule has 1 heteroatoms. The Balaban J connectivity index is 2.42. The molecule has 0 unspecified atom stereocenters. The van der Waals surface area contributed by atoms with E-state index in [0.717, 1.165) is 25.9 Å². The molecule has 17 heavy (non-hydrogen) atoms. The molecule has 0 spiro atoms. The van der Waals surface area contributed by atoms with Crippen LogP contribution >= 0.6 is 0 Å². The van der Waals surface area contributed by atoms with Crippen LogP contribution in [0.4, 0.5) is 0 Å². The first kappa shape index (κ1) is 14.0. The molecule has 1 nitrogen and oxygen atoms in total. The normalized spacial score (nSPS) is 11.5. The smallest absolute Gasteiger partial charge is 0.0205 e. The van der Waals surface area contributed by atoms with Crippen LogP contribution in [-0.4, -0.2) is 6.54 Å². The zero-order chi connectivity index (χ0) is 12.7. The van der Waals surface area contributed by atoms with Gasteiger partial charge in [0.2, 0.25) is 0 Å². The Labute approximate surface area is 106 Å². The van der Waals surface area contributed by atoms with Gasteiger partial charge in [-0.25, -0.2) is 0 Å². The summed E-state index contributed by atoms with van der Waals surface area (Å²) in [5.41, 5.74) is 3.14. The molecule has 1 aromatic carbocycles. The van der Waals surface area contributed by atoms with E-state index in [4.69, 9.17) is 0 Å². The van der Waals surface area contributed by atoms with Gasteiger partial charge in [0, 0.05) is 6.54 Å². The standard InChI is InChI=1S/C16H25N/c1-5-6-11-17-13-15-9-7-14(8-10-15)12-16(2,3)4/h5,7-10,17H,1,6,11-13H2,2-4H3. The predicted molar refractivity (Wildman–Crippen MR) is 76.1 cm³/mol. The van der Waals surface area contributed by atoms with Crippen LogP contribution in [0.3, 0.4) is 0 Å². The van der Waals surface area contributed by atoms with Crippen LogP contribution < -0.4 is 5.32 Å². The first-order valence-electron chi connectivity index (χ1n) is 6.41. The topological polar surface area (TPSA) is 12.0 Å². The van der Waals surface area contributed by atoms with E-state index in [-0.39, 0.29) is 0 Å². The minimum absolute atomic E-state index is 0.365. The number of hydrogen-bond acceptors (Lipinski definition) is 1. The second-order valence-electron chi connectivity index (χ2n) is 5.81. The van der Waals surface area contributed by atoms with Crippen molar-refractivity contribution in [3.05, 3.63) is 48.0 Å². The summed E-state index contributed by atoms with van der Waals surface area (Å²) >= 11 is 0. The van der Waals surface area contributed by atoms with E-state index < -0.39 is 0 Å². The van der Waals surface area contributed by atoms with E-state index in [1.165, 1.54) is 11.1 Å². The highest BCUT2D eigenvalue weighted by Crippen LogP contribution is 2.20. The van der Waals surface area contributed by atoms with Gasteiger partial charge in [-0.15, -0.1) is 6.58 Å². The summed E-state index contributed by atoms with van der Waals surface area (Å²) in [5, 5.41) is 3.40. The molecular formula is C16H25N. The third-order valence-electron chi connectivity index (χ3n) is 2.61. The van der Waals surface area contributed by atoms with Crippen molar-refractivity contribution >= 4 is 0 Å². The quantitative estimate of drug-likeness (QED) is 0.577. The highest BCUT2D eigenvalue weighted by molar-refractivity contribution is 5.23. The summed E-state index contributed by atoms with van der Waals surface area (Å²) < 4.78 is 0. The lowest BCUT2D eigenvalue weighted by atomic mass is 9.88. The van der Waals surface area contributed by atoms with E-state index in [0.29, 0.717) is 5.41 Å². The highest BCUT2D eigenvalue weighted by Gasteiger charge is 2.10. The van der Waals surface area contributed by atoms with Crippen molar-refractivity contribution in [2.45, 2.75) is 40.2 Å². The van der Waals surface area contributed by atoms with Crippen LogP contribution in [-0.2, 0) is 13.0 Å². The Hall–Kier alpha value is -1.08. The van der Waals surface area contributed by atoms with Crippen LogP contribution in [0.25, 0.3) is 0 Å². The van der Waals surface area contributed by atoms with Gasteiger partial charge in [0.1, 0.15) is 0 Å². The minimum Gasteiger partial charge on any atom is -0.312 e. The SMILES string of the molecule is C=CCCNCc1ccc(CC(C)(C)C)cc1. The Kier molecular flexibility index (Phi) is 5.43. The van der Waals surface area contributed by atoms with Gasteiger partial charge in [-0.1, -0.05) is 51.1 Å². The van der Waals surface area contributed by atoms with Crippen LogP contribution in [0.5, 0.6) is 0 Å². The van der Waals surface area contributed by atoms with Crippen molar-refractivity contribution in [1.82, 2.24) is 5.32 Å². The first-order chi connectivity index (χ1) is 8.01. The van der Waals surface area contributed by atoms with Gasteiger partial charge >= 0.3 is 0 Å². The highest BCUT2D eigenvalue weighted by atomic mass is 14.8. The van der Waals surface area contributed by atoms with Gasteiger partial charge in [0.25, 0.3) is 0 Å². The third-order valence-corrected chi connectivity index (χ3v) is 2.61. The number of benzene rings is 1. The maximum Gasteiger partial charge on any atom is 0.0205 e. The second kappa shape index (κ2) is 6.61. The lowest BCUT2D eigenvalue weighted by Crippen LogP contribution is -2.14. The summed E-state index contributed by atoms with van der Waals surface area (Å²) in [6.07, 6.45) is 4.11. The molecule has 0 fully saturated rings.